The van der Waals surface area contributed by atoms with Crippen LogP contribution in [0.15, 0.2) is 65.2 Å². The summed E-state index contributed by atoms with van der Waals surface area (Å²) in [7, 11) is 0. The Labute approximate surface area is 153 Å². The van der Waals surface area contributed by atoms with Crippen LogP contribution in [0, 0.1) is 0 Å². The van der Waals surface area contributed by atoms with Crippen molar-refractivity contribution in [2.24, 2.45) is 0 Å². The summed E-state index contributed by atoms with van der Waals surface area (Å²) in [4.78, 5) is 4.39. The third-order valence-electron chi connectivity index (χ3n) is 3.64. The van der Waals surface area contributed by atoms with E-state index >= 15 is 0 Å². The van der Waals surface area contributed by atoms with Crippen LogP contribution in [0.2, 0.25) is 0 Å². The van der Waals surface area contributed by atoms with E-state index in [9.17, 15) is 0 Å². The molecule has 0 saturated carbocycles. The molecule has 3 aromatic rings. The Morgan fingerprint density at radius 3 is 2.44 bits per heavy atom. The van der Waals surface area contributed by atoms with Gasteiger partial charge in [-0.2, -0.15) is 0 Å². The topological polar surface area (TPSA) is 50.1 Å². The molecule has 4 nitrogen and oxygen atoms in total. The molecule has 0 saturated heterocycles. The molecule has 0 aliphatic carbocycles. The maximum atomic E-state index is 5.88. The zero-order valence-electron chi connectivity index (χ0n) is 14.3. The molecule has 0 amide bonds. The first-order valence-corrected chi connectivity index (χ1v) is 8.67. The molecule has 25 heavy (non-hydrogen) atoms. The van der Waals surface area contributed by atoms with E-state index in [1.807, 2.05) is 54.6 Å². The van der Waals surface area contributed by atoms with Gasteiger partial charge in [0, 0.05) is 23.7 Å². The van der Waals surface area contributed by atoms with E-state index in [4.69, 9.17) is 16.6 Å². The highest BCUT2D eigenvalue weighted by Gasteiger charge is 2.08. The first kappa shape index (κ1) is 17.2. The lowest BCUT2D eigenvalue weighted by molar-refractivity contribution is 0.589. The Balaban J connectivity index is 1.65. The molecule has 2 N–H and O–H groups in total. The maximum absolute atomic E-state index is 5.88. The standard InChI is InChI=1S/C20H21N3OS/c1-14(2)23-20(25)22-12-15-8-10-17(11-9-15)19-21-13-18(24-19)16-6-4-3-5-7-16/h3-11,13-14H,12H2,1-2H3,(H2,22,23,25). The average Bonchev–Trinajstić information content (AvgIpc) is 3.11. The number of rotatable bonds is 5. The smallest absolute Gasteiger partial charge is 0.226 e. The molecular weight excluding hydrogens is 330 g/mol. The van der Waals surface area contributed by atoms with Crippen LogP contribution in [0.4, 0.5) is 0 Å². The zero-order valence-corrected chi connectivity index (χ0v) is 15.1. The minimum Gasteiger partial charge on any atom is -0.436 e. The van der Waals surface area contributed by atoms with Crippen molar-refractivity contribution in [2.75, 3.05) is 0 Å². The van der Waals surface area contributed by atoms with E-state index in [1.165, 1.54) is 0 Å². The van der Waals surface area contributed by atoms with E-state index in [-0.39, 0.29) is 0 Å². The van der Waals surface area contributed by atoms with Gasteiger partial charge in [0.15, 0.2) is 10.9 Å². The van der Waals surface area contributed by atoms with Gasteiger partial charge in [-0.15, -0.1) is 0 Å². The number of thiocarbonyl (C=S) groups is 1. The lowest BCUT2D eigenvalue weighted by Crippen LogP contribution is -2.38. The zero-order chi connectivity index (χ0) is 17.6. The van der Waals surface area contributed by atoms with Crippen LogP contribution in [0.1, 0.15) is 19.4 Å². The molecule has 1 aromatic heterocycles. The van der Waals surface area contributed by atoms with Gasteiger partial charge in [-0.3, -0.25) is 0 Å². The van der Waals surface area contributed by atoms with E-state index < -0.39 is 0 Å². The average molecular weight is 351 g/mol. The van der Waals surface area contributed by atoms with Crippen LogP contribution in [0.25, 0.3) is 22.8 Å². The van der Waals surface area contributed by atoms with E-state index in [1.54, 1.807) is 6.20 Å². The first-order chi connectivity index (χ1) is 12.1. The quantitative estimate of drug-likeness (QED) is 0.668. The highest BCUT2D eigenvalue weighted by Crippen LogP contribution is 2.25. The minimum atomic E-state index is 0.325. The van der Waals surface area contributed by atoms with E-state index in [0.29, 0.717) is 23.6 Å². The second kappa shape index (κ2) is 7.94. The Bertz CT molecular complexity index is 826. The van der Waals surface area contributed by atoms with Gasteiger partial charge in [0.1, 0.15) is 0 Å². The molecule has 0 radical (unpaired) electrons. The molecule has 0 bridgehead atoms. The van der Waals surface area contributed by atoms with E-state index in [2.05, 4.69) is 29.5 Å². The minimum absolute atomic E-state index is 0.325. The second-order valence-electron chi connectivity index (χ2n) is 6.07. The predicted molar refractivity (Wildman–Crippen MR) is 105 cm³/mol. The van der Waals surface area contributed by atoms with Gasteiger partial charge in [-0.25, -0.2) is 4.98 Å². The summed E-state index contributed by atoms with van der Waals surface area (Å²) in [5, 5.41) is 7.03. The lowest BCUT2D eigenvalue weighted by atomic mass is 10.1. The third-order valence-corrected chi connectivity index (χ3v) is 3.90. The highest BCUT2D eigenvalue weighted by molar-refractivity contribution is 7.80. The van der Waals surface area contributed by atoms with Crippen LogP contribution >= 0.6 is 12.2 Å². The summed E-state index contributed by atoms with van der Waals surface area (Å²) in [6, 6.07) is 18.4. The van der Waals surface area contributed by atoms with Crippen LogP contribution < -0.4 is 10.6 Å². The molecule has 0 unspecified atom stereocenters. The molecule has 0 aliphatic heterocycles. The third kappa shape index (κ3) is 4.67. The molecule has 0 aliphatic rings. The van der Waals surface area contributed by atoms with Gasteiger partial charge in [0.2, 0.25) is 5.89 Å². The SMILES string of the molecule is CC(C)NC(=S)NCc1ccc(-c2ncc(-c3ccccc3)o2)cc1. The molecule has 5 heteroatoms. The second-order valence-corrected chi connectivity index (χ2v) is 6.48. The summed E-state index contributed by atoms with van der Waals surface area (Å²) in [5.41, 5.74) is 3.12. The molecule has 2 aromatic carbocycles. The lowest BCUT2D eigenvalue weighted by Gasteiger charge is -2.13. The van der Waals surface area contributed by atoms with Crippen molar-refractivity contribution in [2.45, 2.75) is 26.4 Å². The Morgan fingerprint density at radius 1 is 1.04 bits per heavy atom. The largest absolute Gasteiger partial charge is 0.436 e. The maximum Gasteiger partial charge on any atom is 0.226 e. The number of nitrogens with one attached hydrogen (secondary N) is 2. The highest BCUT2D eigenvalue weighted by atomic mass is 32.1. The van der Waals surface area contributed by atoms with E-state index in [0.717, 1.165) is 22.5 Å². The van der Waals surface area contributed by atoms with Crippen LogP contribution in [0.5, 0.6) is 0 Å². The fraction of sp³-hybridized carbons (Fsp3) is 0.200. The summed E-state index contributed by atoms with van der Waals surface area (Å²) < 4.78 is 5.88. The van der Waals surface area contributed by atoms with Crippen molar-refractivity contribution < 1.29 is 4.42 Å². The first-order valence-electron chi connectivity index (χ1n) is 8.27. The molecular formula is C20H21N3OS. The number of oxazole rings is 1. The van der Waals surface area contributed by atoms with Crippen LogP contribution in [0.3, 0.4) is 0 Å². The van der Waals surface area contributed by atoms with Crippen molar-refractivity contribution in [1.82, 2.24) is 15.6 Å². The van der Waals surface area contributed by atoms with Gasteiger partial charge >= 0.3 is 0 Å². The molecule has 0 atom stereocenters. The predicted octanol–water partition coefficient (Wildman–Crippen LogP) is 4.38. The Kier molecular flexibility index (Phi) is 5.46. The van der Waals surface area contributed by atoms with Gasteiger partial charge in [-0.05, 0) is 43.8 Å². The van der Waals surface area contributed by atoms with Gasteiger partial charge in [0.25, 0.3) is 0 Å². The van der Waals surface area contributed by atoms with Crippen LogP contribution in [-0.4, -0.2) is 16.1 Å². The normalized spacial score (nSPS) is 10.7. The summed E-state index contributed by atoms with van der Waals surface area (Å²) in [5.74, 6) is 1.39. The van der Waals surface area contributed by atoms with Gasteiger partial charge < -0.3 is 15.1 Å². The molecule has 1 heterocycles. The Morgan fingerprint density at radius 2 is 1.76 bits per heavy atom. The molecule has 3 rings (SSSR count). The summed E-state index contributed by atoms with van der Waals surface area (Å²) in [6.45, 7) is 4.80. The van der Waals surface area contributed by atoms with Crippen molar-refractivity contribution in [3.05, 3.63) is 66.4 Å². The van der Waals surface area contributed by atoms with Crippen molar-refractivity contribution in [3.63, 3.8) is 0 Å². The number of nitrogens with zero attached hydrogens (tertiary/aromatic N) is 1. The molecule has 0 fully saturated rings. The molecule has 0 spiro atoms. The fourth-order valence-electron chi connectivity index (χ4n) is 2.40. The summed E-state index contributed by atoms with van der Waals surface area (Å²) >= 11 is 5.23. The van der Waals surface area contributed by atoms with Crippen molar-refractivity contribution >= 4 is 17.3 Å². The van der Waals surface area contributed by atoms with Gasteiger partial charge in [-0.1, -0.05) is 42.5 Å². The van der Waals surface area contributed by atoms with Crippen molar-refractivity contribution in [1.29, 1.82) is 0 Å². The number of aromatic nitrogens is 1. The van der Waals surface area contributed by atoms with Gasteiger partial charge in [0.05, 0.1) is 6.20 Å². The fourth-order valence-corrected chi connectivity index (χ4v) is 2.71. The summed E-state index contributed by atoms with van der Waals surface area (Å²) in [6.07, 6.45) is 1.76. The Hall–Kier alpha value is -2.66. The number of hydrogen-bond acceptors (Lipinski definition) is 3. The number of hydrogen-bond donors (Lipinski definition) is 2. The van der Waals surface area contributed by atoms with Crippen LogP contribution in [-0.2, 0) is 6.54 Å². The van der Waals surface area contributed by atoms with Crippen molar-refractivity contribution in [3.8, 4) is 22.8 Å². The monoisotopic (exact) mass is 351 g/mol. The molecule has 128 valence electrons. The number of benzene rings is 2.